The Kier molecular flexibility index (Phi) is 3.81. The monoisotopic (exact) mass is 270 g/mol. The van der Waals surface area contributed by atoms with E-state index in [1.807, 2.05) is 6.07 Å². The van der Waals surface area contributed by atoms with E-state index in [9.17, 15) is 0 Å². The van der Waals surface area contributed by atoms with Crippen LogP contribution in [0.5, 0.6) is 5.75 Å². The lowest BCUT2D eigenvalue weighted by molar-refractivity contribution is 0.412. The zero-order chi connectivity index (χ0) is 14.0. The van der Waals surface area contributed by atoms with Gasteiger partial charge < -0.3 is 4.74 Å². The van der Waals surface area contributed by atoms with Crippen molar-refractivity contribution < 1.29 is 4.74 Å². The normalized spacial score (nSPS) is 11.4. The van der Waals surface area contributed by atoms with Gasteiger partial charge in [-0.3, -0.25) is 0 Å². The lowest BCUT2D eigenvalue weighted by Crippen LogP contribution is -2.37. The highest BCUT2D eigenvalue weighted by molar-refractivity contribution is 6.88. The summed E-state index contributed by atoms with van der Waals surface area (Å²) in [6.45, 7) is 9.21. The van der Waals surface area contributed by atoms with Crippen LogP contribution in [0.3, 0.4) is 0 Å². The molecule has 0 aliphatic heterocycles. The molecule has 0 aromatic heterocycles. The molecule has 0 saturated heterocycles. The fourth-order valence-electron chi connectivity index (χ4n) is 2.22. The number of rotatable bonds is 3. The Labute approximate surface area is 117 Å². The Hall–Kier alpha value is -1.54. The van der Waals surface area contributed by atoms with Crippen molar-refractivity contribution in [2.24, 2.45) is 0 Å². The van der Waals surface area contributed by atoms with Crippen LogP contribution in [0.1, 0.15) is 5.56 Å². The van der Waals surface area contributed by atoms with Crippen LogP contribution in [0.2, 0.25) is 19.6 Å². The summed E-state index contributed by atoms with van der Waals surface area (Å²) in [6, 6.07) is 15.4. The van der Waals surface area contributed by atoms with E-state index in [0.29, 0.717) is 0 Å². The predicted octanol–water partition coefficient (Wildman–Crippen LogP) is 4.22. The molecule has 19 heavy (non-hydrogen) atoms. The first-order valence-corrected chi connectivity index (χ1v) is 10.2. The van der Waals surface area contributed by atoms with Gasteiger partial charge in [0.1, 0.15) is 5.75 Å². The van der Waals surface area contributed by atoms with E-state index in [0.717, 1.165) is 5.75 Å². The third kappa shape index (κ3) is 3.07. The lowest BCUT2D eigenvalue weighted by atomic mass is 10.0. The number of hydrogen-bond acceptors (Lipinski definition) is 1. The van der Waals surface area contributed by atoms with Gasteiger partial charge in [0, 0.05) is 0 Å². The Bertz CT molecular complexity index is 565. The van der Waals surface area contributed by atoms with Crippen molar-refractivity contribution in [2.75, 3.05) is 7.11 Å². The third-order valence-corrected chi connectivity index (χ3v) is 5.54. The van der Waals surface area contributed by atoms with Gasteiger partial charge in [-0.05, 0) is 35.7 Å². The number of methoxy groups -OCH3 is 1. The van der Waals surface area contributed by atoms with E-state index in [1.165, 1.54) is 21.9 Å². The van der Waals surface area contributed by atoms with Crippen molar-refractivity contribution in [1.82, 2.24) is 0 Å². The van der Waals surface area contributed by atoms with Crippen molar-refractivity contribution >= 4 is 13.3 Å². The summed E-state index contributed by atoms with van der Waals surface area (Å²) >= 11 is 0. The van der Waals surface area contributed by atoms with Crippen LogP contribution in [-0.2, 0) is 0 Å². The highest BCUT2D eigenvalue weighted by atomic mass is 28.3. The van der Waals surface area contributed by atoms with Crippen molar-refractivity contribution in [1.29, 1.82) is 0 Å². The molecule has 0 saturated carbocycles. The van der Waals surface area contributed by atoms with Gasteiger partial charge in [0.2, 0.25) is 0 Å². The molecule has 2 heteroatoms. The largest absolute Gasteiger partial charge is 0.496 e. The highest BCUT2D eigenvalue weighted by Crippen LogP contribution is 2.25. The second kappa shape index (κ2) is 5.22. The Morgan fingerprint density at radius 2 is 1.42 bits per heavy atom. The summed E-state index contributed by atoms with van der Waals surface area (Å²) in [4.78, 5) is 0. The van der Waals surface area contributed by atoms with Crippen LogP contribution in [0.4, 0.5) is 0 Å². The average molecular weight is 270 g/mol. The van der Waals surface area contributed by atoms with E-state index < -0.39 is 8.07 Å². The van der Waals surface area contributed by atoms with Crippen molar-refractivity contribution in [2.45, 2.75) is 26.6 Å². The average Bonchev–Trinajstić information content (AvgIpc) is 2.38. The molecule has 0 fully saturated rings. The molecular formula is C17H22OSi. The van der Waals surface area contributed by atoms with E-state index in [4.69, 9.17) is 4.74 Å². The summed E-state index contributed by atoms with van der Waals surface area (Å²) in [5, 5.41) is 1.50. The van der Waals surface area contributed by atoms with Gasteiger partial charge in [0.15, 0.2) is 0 Å². The van der Waals surface area contributed by atoms with Crippen molar-refractivity contribution in [3.63, 3.8) is 0 Å². The van der Waals surface area contributed by atoms with E-state index in [1.54, 1.807) is 7.11 Å². The van der Waals surface area contributed by atoms with E-state index >= 15 is 0 Å². The Morgan fingerprint density at radius 3 is 1.89 bits per heavy atom. The summed E-state index contributed by atoms with van der Waals surface area (Å²) in [5.74, 6) is 0.947. The second-order valence-electron chi connectivity index (χ2n) is 6.01. The first-order valence-electron chi connectivity index (χ1n) is 6.67. The molecule has 2 rings (SSSR count). The number of ether oxygens (including phenoxy) is 1. The van der Waals surface area contributed by atoms with E-state index in [-0.39, 0.29) is 0 Å². The molecular weight excluding hydrogens is 248 g/mol. The van der Waals surface area contributed by atoms with Gasteiger partial charge in [0.25, 0.3) is 0 Å². The molecule has 0 unspecified atom stereocenters. The Morgan fingerprint density at radius 1 is 0.842 bits per heavy atom. The first-order chi connectivity index (χ1) is 8.91. The molecule has 0 aliphatic rings. The summed E-state index contributed by atoms with van der Waals surface area (Å²) < 4.78 is 5.31. The molecule has 0 atom stereocenters. The molecule has 0 aliphatic carbocycles. The first kappa shape index (κ1) is 13.9. The highest BCUT2D eigenvalue weighted by Gasteiger charge is 2.15. The van der Waals surface area contributed by atoms with Crippen LogP contribution in [-0.4, -0.2) is 15.2 Å². The molecule has 2 aromatic carbocycles. The number of hydrogen-bond donors (Lipinski definition) is 0. The standard InChI is InChI=1S/C17H22OSi/c1-13-12-15(8-11-17(13)18-2)14-6-9-16(10-7-14)19(3,4)5/h6-12H,1-5H3. The molecule has 100 valence electrons. The summed E-state index contributed by atoms with van der Waals surface area (Å²) in [6.07, 6.45) is 0. The lowest BCUT2D eigenvalue weighted by Gasteiger charge is -2.17. The number of benzene rings is 2. The summed E-state index contributed by atoms with van der Waals surface area (Å²) in [7, 11) is 0.510. The molecule has 1 nitrogen and oxygen atoms in total. The van der Waals surface area contributed by atoms with Gasteiger partial charge in [0.05, 0.1) is 15.2 Å². The number of aryl methyl sites for hydroxylation is 1. The van der Waals surface area contributed by atoms with Crippen LogP contribution in [0, 0.1) is 6.92 Å². The minimum Gasteiger partial charge on any atom is -0.496 e. The predicted molar refractivity (Wildman–Crippen MR) is 86.1 cm³/mol. The molecule has 0 N–H and O–H groups in total. The fourth-order valence-corrected chi connectivity index (χ4v) is 3.39. The fraction of sp³-hybridized carbons (Fsp3) is 0.294. The zero-order valence-electron chi connectivity index (χ0n) is 12.4. The topological polar surface area (TPSA) is 9.23 Å². The maximum Gasteiger partial charge on any atom is 0.121 e. The molecule has 0 bridgehead atoms. The van der Waals surface area contributed by atoms with Gasteiger partial charge in [-0.15, -0.1) is 0 Å². The smallest absolute Gasteiger partial charge is 0.121 e. The van der Waals surface area contributed by atoms with E-state index in [2.05, 4.69) is 63.0 Å². The molecule has 2 aromatic rings. The van der Waals surface area contributed by atoms with Crippen molar-refractivity contribution in [3.8, 4) is 16.9 Å². The maximum absolute atomic E-state index is 5.31. The van der Waals surface area contributed by atoms with Gasteiger partial charge in [-0.2, -0.15) is 0 Å². The molecule has 0 spiro atoms. The van der Waals surface area contributed by atoms with Crippen LogP contribution < -0.4 is 9.92 Å². The maximum atomic E-state index is 5.31. The van der Waals surface area contributed by atoms with Crippen LogP contribution in [0.25, 0.3) is 11.1 Å². The zero-order valence-corrected chi connectivity index (χ0v) is 13.4. The minimum absolute atomic E-state index is 0.947. The summed E-state index contributed by atoms with van der Waals surface area (Å²) in [5.41, 5.74) is 3.70. The van der Waals surface area contributed by atoms with Gasteiger partial charge in [-0.25, -0.2) is 0 Å². The van der Waals surface area contributed by atoms with Gasteiger partial charge >= 0.3 is 0 Å². The minimum atomic E-state index is -1.20. The van der Waals surface area contributed by atoms with Crippen LogP contribution >= 0.6 is 0 Å². The van der Waals surface area contributed by atoms with Crippen LogP contribution in [0.15, 0.2) is 42.5 Å². The van der Waals surface area contributed by atoms with Gasteiger partial charge in [-0.1, -0.05) is 55.2 Å². The quantitative estimate of drug-likeness (QED) is 0.759. The molecule has 0 radical (unpaired) electrons. The second-order valence-corrected chi connectivity index (χ2v) is 11.1. The SMILES string of the molecule is COc1ccc(-c2ccc([Si](C)(C)C)cc2)cc1C. The molecule has 0 heterocycles. The Balaban J connectivity index is 2.35. The van der Waals surface area contributed by atoms with Crippen molar-refractivity contribution in [3.05, 3.63) is 48.0 Å². The third-order valence-electron chi connectivity index (χ3n) is 3.48. The molecule has 0 amide bonds.